The van der Waals surface area contributed by atoms with E-state index in [1.807, 2.05) is 6.07 Å². The highest BCUT2D eigenvalue weighted by molar-refractivity contribution is 9.10. The lowest BCUT2D eigenvalue weighted by Crippen LogP contribution is -2.38. The Hall–Kier alpha value is -0.0900. The van der Waals surface area contributed by atoms with Gasteiger partial charge in [-0.25, -0.2) is 0 Å². The van der Waals surface area contributed by atoms with E-state index >= 15 is 0 Å². The van der Waals surface area contributed by atoms with Gasteiger partial charge in [-0.2, -0.15) is 0 Å². The van der Waals surface area contributed by atoms with Crippen molar-refractivity contribution in [2.24, 2.45) is 0 Å². The van der Waals surface area contributed by atoms with Gasteiger partial charge in [0.2, 0.25) is 0 Å². The molecule has 2 rings (SSSR count). The van der Waals surface area contributed by atoms with Gasteiger partial charge in [0, 0.05) is 23.6 Å². The number of rotatable bonds is 5. The molecule has 1 aromatic rings. The second-order valence-corrected chi connectivity index (χ2v) is 6.23. The molecule has 1 fully saturated rings. The van der Waals surface area contributed by atoms with Gasteiger partial charge >= 0.3 is 0 Å². The lowest BCUT2D eigenvalue weighted by molar-refractivity contribution is 0.251. The number of hydrogen-bond acceptors (Lipinski definition) is 2. The van der Waals surface area contributed by atoms with Gasteiger partial charge in [0.15, 0.2) is 0 Å². The van der Waals surface area contributed by atoms with E-state index in [1.54, 1.807) is 0 Å². The Morgan fingerprint density at radius 1 is 1.39 bits per heavy atom. The fraction of sp³-hybridized carbons (Fsp3) is 0.571. The SMILES string of the molecule is CC(CNCc1ccc(Cl)c(Br)c1)N1CCCC1. The maximum absolute atomic E-state index is 5.98. The smallest absolute Gasteiger partial charge is 0.0548 e. The summed E-state index contributed by atoms with van der Waals surface area (Å²) in [6.07, 6.45) is 2.71. The third-order valence-electron chi connectivity index (χ3n) is 3.52. The molecule has 1 heterocycles. The first-order chi connectivity index (χ1) is 8.66. The van der Waals surface area contributed by atoms with Gasteiger partial charge in [-0.15, -0.1) is 0 Å². The minimum atomic E-state index is 0.628. The van der Waals surface area contributed by atoms with Crippen LogP contribution in [0.2, 0.25) is 5.02 Å². The van der Waals surface area contributed by atoms with Crippen molar-refractivity contribution in [3.8, 4) is 0 Å². The van der Waals surface area contributed by atoms with E-state index < -0.39 is 0 Å². The fourth-order valence-corrected chi connectivity index (χ4v) is 2.93. The number of hydrogen-bond donors (Lipinski definition) is 1. The summed E-state index contributed by atoms with van der Waals surface area (Å²) < 4.78 is 0.969. The molecule has 2 nitrogen and oxygen atoms in total. The number of nitrogens with one attached hydrogen (secondary N) is 1. The lowest BCUT2D eigenvalue weighted by atomic mass is 10.2. The molecule has 1 unspecified atom stereocenters. The summed E-state index contributed by atoms with van der Waals surface area (Å²) in [4.78, 5) is 2.56. The standard InChI is InChI=1S/C14H20BrClN2/c1-11(18-6-2-3-7-18)9-17-10-12-4-5-14(16)13(15)8-12/h4-5,8,11,17H,2-3,6-7,9-10H2,1H3. The quantitative estimate of drug-likeness (QED) is 0.885. The monoisotopic (exact) mass is 330 g/mol. The lowest BCUT2D eigenvalue weighted by Gasteiger charge is -2.24. The van der Waals surface area contributed by atoms with Gasteiger partial charge < -0.3 is 5.32 Å². The number of nitrogens with zero attached hydrogens (tertiary/aromatic N) is 1. The van der Waals surface area contributed by atoms with Gasteiger partial charge in [-0.1, -0.05) is 17.7 Å². The van der Waals surface area contributed by atoms with Crippen molar-refractivity contribution in [3.05, 3.63) is 33.3 Å². The van der Waals surface area contributed by atoms with E-state index in [0.29, 0.717) is 6.04 Å². The topological polar surface area (TPSA) is 15.3 Å². The minimum Gasteiger partial charge on any atom is -0.311 e. The second-order valence-electron chi connectivity index (χ2n) is 4.97. The zero-order valence-electron chi connectivity index (χ0n) is 10.8. The normalized spacial score (nSPS) is 18.2. The molecule has 0 amide bonds. The fourth-order valence-electron chi connectivity index (χ4n) is 2.39. The predicted molar refractivity (Wildman–Crippen MR) is 81.1 cm³/mol. The van der Waals surface area contributed by atoms with Crippen LogP contribution in [0.3, 0.4) is 0 Å². The molecule has 1 N–H and O–H groups in total. The molecule has 1 saturated heterocycles. The zero-order valence-corrected chi connectivity index (χ0v) is 13.1. The van der Waals surface area contributed by atoms with Crippen LogP contribution in [0.1, 0.15) is 25.3 Å². The van der Waals surface area contributed by atoms with Crippen LogP contribution in [-0.2, 0) is 6.54 Å². The first kappa shape index (κ1) is 14.3. The summed E-state index contributed by atoms with van der Waals surface area (Å²) in [5.41, 5.74) is 1.26. The van der Waals surface area contributed by atoms with E-state index in [0.717, 1.165) is 22.6 Å². The van der Waals surface area contributed by atoms with E-state index in [4.69, 9.17) is 11.6 Å². The molecular weight excluding hydrogens is 312 g/mol. The second kappa shape index (κ2) is 6.90. The summed E-state index contributed by atoms with van der Waals surface area (Å²) in [5, 5.41) is 4.29. The molecule has 1 atom stereocenters. The molecule has 0 spiro atoms. The molecule has 1 aliphatic heterocycles. The number of benzene rings is 1. The van der Waals surface area contributed by atoms with Crippen LogP contribution in [0.4, 0.5) is 0 Å². The number of halogens is 2. The van der Waals surface area contributed by atoms with Crippen LogP contribution < -0.4 is 5.32 Å². The van der Waals surface area contributed by atoms with Crippen LogP contribution >= 0.6 is 27.5 Å². The molecule has 100 valence electrons. The molecule has 1 aliphatic rings. The van der Waals surface area contributed by atoms with Crippen LogP contribution in [0.5, 0.6) is 0 Å². The Labute approximate surface area is 123 Å². The van der Waals surface area contributed by atoms with E-state index in [2.05, 4.69) is 45.2 Å². The van der Waals surface area contributed by atoms with Crippen molar-refractivity contribution in [1.29, 1.82) is 0 Å². The maximum Gasteiger partial charge on any atom is 0.0548 e. The Morgan fingerprint density at radius 3 is 2.78 bits per heavy atom. The van der Waals surface area contributed by atoms with Gasteiger partial charge in [0.1, 0.15) is 0 Å². The molecule has 18 heavy (non-hydrogen) atoms. The summed E-state index contributed by atoms with van der Waals surface area (Å²) in [5.74, 6) is 0. The number of likely N-dealkylation sites (tertiary alicyclic amines) is 1. The van der Waals surface area contributed by atoms with Crippen molar-refractivity contribution < 1.29 is 0 Å². The molecule has 0 radical (unpaired) electrons. The van der Waals surface area contributed by atoms with Crippen molar-refractivity contribution >= 4 is 27.5 Å². The van der Waals surface area contributed by atoms with Crippen LogP contribution in [0.25, 0.3) is 0 Å². The Morgan fingerprint density at radius 2 is 2.11 bits per heavy atom. The summed E-state index contributed by atoms with van der Waals surface area (Å²) in [6, 6.07) is 6.71. The van der Waals surface area contributed by atoms with E-state index in [-0.39, 0.29) is 0 Å². The van der Waals surface area contributed by atoms with Gasteiger partial charge in [0.05, 0.1) is 5.02 Å². The highest BCUT2D eigenvalue weighted by Crippen LogP contribution is 2.23. The summed E-state index contributed by atoms with van der Waals surface area (Å²) >= 11 is 9.43. The first-order valence-corrected chi connectivity index (χ1v) is 7.72. The molecule has 0 aromatic heterocycles. The molecule has 4 heteroatoms. The molecular formula is C14H20BrClN2. The van der Waals surface area contributed by atoms with Gasteiger partial charge in [-0.05, 0) is 66.5 Å². The summed E-state index contributed by atoms with van der Waals surface area (Å²) in [6.45, 7) is 6.76. The average molecular weight is 332 g/mol. The molecule has 0 saturated carbocycles. The molecule has 0 aliphatic carbocycles. The van der Waals surface area contributed by atoms with Gasteiger partial charge in [0.25, 0.3) is 0 Å². The van der Waals surface area contributed by atoms with Crippen LogP contribution in [0.15, 0.2) is 22.7 Å². The molecule has 1 aromatic carbocycles. The Bertz CT molecular complexity index is 391. The summed E-state index contributed by atoms with van der Waals surface area (Å²) in [7, 11) is 0. The zero-order chi connectivity index (χ0) is 13.0. The van der Waals surface area contributed by atoms with E-state index in [9.17, 15) is 0 Å². The van der Waals surface area contributed by atoms with Crippen LogP contribution in [-0.4, -0.2) is 30.6 Å². The van der Waals surface area contributed by atoms with E-state index in [1.165, 1.54) is 31.5 Å². The highest BCUT2D eigenvalue weighted by Gasteiger charge is 2.17. The third kappa shape index (κ3) is 3.95. The minimum absolute atomic E-state index is 0.628. The van der Waals surface area contributed by atoms with Crippen molar-refractivity contribution in [3.63, 3.8) is 0 Å². The van der Waals surface area contributed by atoms with Crippen molar-refractivity contribution in [2.45, 2.75) is 32.4 Å². The van der Waals surface area contributed by atoms with Crippen molar-refractivity contribution in [2.75, 3.05) is 19.6 Å². The average Bonchev–Trinajstić information content (AvgIpc) is 2.87. The van der Waals surface area contributed by atoms with Crippen molar-refractivity contribution in [1.82, 2.24) is 10.2 Å². The Balaban J connectivity index is 1.75. The molecule has 0 bridgehead atoms. The predicted octanol–water partition coefficient (Wildman–Crippen LogP) is 3.68. The largest absolute Gasteiger partial charge is 0.311 e. The Kier molecular flexibility index (Phi) is 5.49. The van der Waals surface area contributed by atoms with Gasteiger partial charge in [-0.3, -0.25) is 4.90 Å². The highest BCUT2D eigenvalue weighted by atomic mass is 79.9. The maximum atomic E-state index is 5.98. The first-order valence-electron chi connectivity index (χ1n) is 6.55. The third-order valence-corrected chi connectivity index (χ3v) is 4.73. The van der Waals surface area contributed by atoms with Crippen LogP contribution in [0, 0.1) is 0 Å².